The molecule has 1 heterocycles. The minimum Gasteiger partial charge on any atom is -0.200 e. The van der Waals surface area contributed by atoms with Crippen LogP contribution in [0.1, 0.15) is 52.9 Å². The molecule has 3 aromatic carbocycles. The largest absolute Gasteiger partial charge is 0.200 e. The molecule has 0 aliphatic carbocycles. The van der Waals surface area contributed by atoms with Crippen molar-refractivity contribution in [3.63, 3.8) is 0 Å². The Labute approximate surface area is 150 Å². The number of pyridine rings is 1. The lowest BCUT2D eigenvalue weighted by Crippen LogP contribution is -2.47. The fraction of sp³-hybridized carbons (Fsp3) is 0.375. The van der Waals surface area contributed by atoms with Crippen molar-refractivity contribution in [1.82, 2.24) is 0 Å². The van der Waals surface area contributed by atoms with Crippen LogP contribution in [-0.4, -0.2) is 0 Å². The number of hydrogen-bond donors (Lipinski definition) is 0. The summed E-state index contributed by atoms with van der Waals surface area (Å²) in [6, 6.07) is 15.9. The Balaban J connectivity index is 2.40. The minimum absolute atomic E-state index is 0.0804. The second-order valence-electron chi connectivity index (χ2n) is 9.44. The van der Waals surface area contributed by atoms with E-state index in [-0.39, 0.29) is 10.8 Å². The van der Waals surface area contributed by atoms with Gasteiger partial charge in [-0.05, 0) is 28.3 Å². The van der Waals surface area contributed by atoms with E-state index in [0.717, 1.165) is 0 Å². The molecule has 0 saturated carbocycles. The van der Waals surface area contributed by atoms with E-state index in [1.165, 1.54) is 43.7 Å². The molecular formula is C24H28N+. The summed E-state index contributed by atoms with van der Waals surface area (Å²) in [7, 11) is 2.25. The molecule has 0 bridgehead atoms. The lowest BCUT2D eigenvalue weighted by atomic mass is 9.80. The van der Waals surface area contributed by atoms with E-state index in [1.54, 1.807) is 0 Å². The van der Waals surface area contributed by atoms with E-state index in [4.69, 9.17) is 0 Å². The van der Waals surface area contributed by atoms with Crippen LogP contribution in [0.15, 0.2) is 42.5 Å². The van der Waals surface area contributed by atoms with Crippen molar-refractivity contribution in [2.75, 3.05) is 0 Å². The zero-order valence-electron chi connectivity index (χ0n) is 16.5. The third-order valence-electron chi connectivity index (χ3n) is 5.38. The summed E-state index contributed by atoms with van der Waals surface area (Å²) >= 11 is 0. The van der Waals surface area contributed by atoms with E-state index >= 15 is 0 Å². The quantitative estimate of drug-likeness (QED) is 0.275. The van der Waals surface area contributed by atoms with Crippen LogP contribution in [0.5, 0.6) is 0 Å². The van der Waals surface area contributed by atoms with Crippen LogP contribution in [0, 0.1) is 0 Å². The molecule has 0 unspecified atom stereocenters. The Hall–Kier alpha value is -2.15. The molecule has 25 heavy (non-hydrogen) atoms. The molecule has 128 valence electrons. The molecule has 1 heteroatoms. The molecule has 0 atom stereocenters. The third kappa shape index (κ3) is 2.25. The van der Waals surface area contributed by atoms with Gasteiger partial charge in [0.15, 0.2) is 11.4 Å². The Bertz CT molecular complexity index is 1020. The van der Waals surface area contributed by atoms with Crippen molar-refractivity contribution in [1.29, 1.82) is 0 Å². The Morgan fingerprint density at radius 2 is 1.04 bits per heavy atom. The van der Waals surface area contributed by atoms with Crippen LogP contribution in [0.3, 0.4) is 0 Å². The van der Waals surface area contributed by atoms with Gasteiger partial charge in [-0.1, -0.05) is 71.9 Å². The molecule has 4 aromatic rings. The number of nitrogens with zero attached hydrogens (tertiary/aromatic N) is 1. The highest BCUT2D eigenvalue weighted by Gasteiger charge is 2.36. The minimum atomic E-state index is 0.0804. The van der Waals surface area contributed by atoms with Crippen molar-refractivity contribution in [2.24, 2.45) is 7.05 Å². The van der Waals surface area contributed by atoms with Gasteiger partial charge in [-0.25, -0.2) is 4.57 Å². The molecule has 0 N–H and O–H groups in total. The Kier molecular flexibility index (Phi) is 3.23. The summed E-state index contributed by atoms with van der Waals surface area (Å²) in [6.45, 7) is 13.9. The highest BCUT2D eigenvalue weighted by molar-refractivity contribution is 6.23. The van der Waals surface area contributed by atoms with Crippen LogP contribution < -0.4 is 4.57 Å². The third-order valence-corrected chi connectivity index (χ3v) is 5.38. The van der Waals surface area contributed by atoms with Crippen LogP contribution in [-0.2, 0) is 17.9 Å². The Morgan fingerprint density at radius 3 is 1.44 bits per heavy atom. The first-order chi connectivity index (χ1) is 11.6. The first kappa shape index (κ1) is 16.3. The van der Waals surface area contributed by atoms with Gasteiger partial charge in [0.05, 0.1) is 10.8 Å². The normalized spacial score (nSPS) is 13.4. The summed E-state index contributed by atoms with van der Waals surface area (Å²) in [4.78, 5) is 0. The standard InChI is InChI=1S/C24H28N/c1-23(2,3)21-17-13-11-15-9-8-10-16-12-14-18(20(17)19(15)16)22(25(21)7)24(4,5)6/h8-14H,1-7H3/q+1. The Morgan fingerprint density at radius 1 is 0.600 bits per heavy atom. The maximum absolute atomic E-state index is 2.46. The highest BCUT2D eigenvalue weighted by Crippen LogP contribution is 2.41. The average Bonchev–Trinajstić information content (AvgIpc) is 2.49. The summed E-state index contributed by atoms with van der Waals surface area (Å²) in [5.41, 5.74) is 3.00. The second kappa shape index (κ2) is 4.94. The molecular weight excluding hydrogens is 302 g/mol. The summed E-state index contributed by atoms with van der Waals surface area (Å²) in [6.07, 6.45) is 0. The maximum Gasteiger partial charge on any atom is 0.194 e. The van der Waals surface area contributed by atoms with Gasteiger partial charge in [-0.15, -0.1) is 0 Å². The van der Waals surface area contributed by atoms with Crippen LogP contribution in [0.25, 0.3) is 32.3 Å². The monoisotopic (exact) mass is 330 g/mol. The fourth-order valence-electron chi connectivity index (χ4n) is 4.76. The van der Waals surface area contributed by atoms with Crippen LogP contribution in [0.2, 0.25) is 0 Å². The van der Waals surface area contributed by atoms with Crippen LogP contribution in [0.4, 0.5) is 0 Å². The zero-order valence-corrected chi connectivity index (χ0v) is 16.5. The lowest BCUT2D eigenvalue weighted by Gasteiger charge is -2.26. The first-order valence-corrected chi connectivity index (χ1v) is 9.21. The maximum atomic E-state index is 2.46. The molecule has 0 spiro atoms. The van der Waals surface area contributed by atoms with Gasteiger partial charge < -0.3 is 0 Å². The predicted octanol–water partition coefficient (Wildman–Crippen LogP) is 6.00. The van der Waals surface area contributed by atoms with E-state index in [9.17, 15) is 0 Å². The van der Waals surface area contributed by atoms with Gasteiger partial charge in [0.25, 0.3) is 0 Å². The van der Waals surface area contributed by atoms with Crippen molar-refractivity contribution in [3.8, 4) is 0 Å². The molecule has 0 aliphatic heterocycles. The molecule has 0 fully saturated rings. The molecule has 1 aromatic heterocycles. The van der Waals surface area contributed by atoms with E-state index < -0.39 is 0 Å². The summed E-state index contributed by atoms with van der Waals surface area (Å²) in [5.74, 6) is 0. The fourth-order valence-corrected chi connectivity index (χ4v) is 4.76. The van der Waals surface area contributed by atoms with E-state index in [2.05, 4.69) is 95.6 Å². The topological polar surface area (TPSA) is 3.88 Å². The van der Waals surface area contributed by atoms with Gasteiger partial charge in [0, 0.05) is 16.2 Å². The van der Waals surface area contributed by atoms with Gasteiger partial charge in [0.2, 0.25) is 0 Å². The van der Waals surface area contributed by atoms with Crippen molar-refractivity contribution in [3.05, 3.63) is 53.9 Å². The van der Waals surface area contributed by atoms with E-state index in [1.807, 2.05) is 0 Å². The SMILES string of the molecule is C[n+]1c(C(C)(C)C)c2ccc3cccc4ccc(c1C(C)(C)C)c2c34. The first-order valence-electron chi connectivity index (χ1n) is 9.21. The zero-order chi connectivity index (χ0) is 18.1. The molecule has 0 amide bonds. The number of rotatable bonds is 0. The highest BCUT2D eigenvalue weighted by atomic mass is 15.0. The smallest absolute Gasteiger partial charge is 0.194 e. The second-order valence-corrected chi connectivity index (χ2v) is 9.44. The van der Waals surface area contributed by atoms with Crippen molar-refractivity contribution in [2.45, 2.75) is 52.4 Å². The number of aromatic nitrogens is 1. The molecule has 1 nitrogen and oxygen atoms in total. The van der Waals surface area contributed by atoms with E-state index in [0.29, 0.717) is 0 Å². The summed E-state index contributed by atoms with van der Waals surface area (Å²) in [5, 5.41) is 8.30. The molecule has 0 saturated heterocycles. The number of hydrogen-bond acceptors (Lipinski definition) is 0. The summed E-state index contributed by atoms with van der Waals surface area (Å²) < 4.78 is 2.46. The number of benzene rings is 3. The predicted molar refractivity (Wildman–Crippen MR) is 109 cm³/mol. The van der Waals surface area contributed by atoms with Gasteiger partial charge in [-0.2, -0.15) is 0 Å². The molecule has 0 radical (unpaired) electrons. The molecule has 0 aliphatic rings. The van der Waals surface area contributed by atoms with Crippen molar-refractivity contribution >= 4 is 32.3 Å². The lowest BCUT2D eigenvalue weighted by molar-refractivity contribution is -0.690. The van der Waals surface area contributed by atoms with Gasteiger partial charge in [0.1, 0.15) is 7.05 Å². The van der Waals surface area contributed by atoms with Gasteiger partial charge >= 0.3 is 0 Å². The van der Waals surface area contributed by atoms with Crippen molar-refractivity contribution < 1.29 is 4.57 Å². The molecule has 4 rings (SSSR count). The van der Waals surface area contributed by atoms with Crippen LogP contribution >= 0.6 is 0 Å². The van der Waals surface area contributed by atoms with Gasteiger partial charge in [-0.3, -0.25) is 0 Å². The average molecular weight is 330 g/mol.